The molecule has 0 amide bonds. The van der Waals surface area contributed by atoms with Crippen LogP contribution in [0.3, 0.4) is 0 Å². The number of rotatable bonds is 7. The SMILES string of the molecule is COCC(C)NCCSc1ncnn1C. The lowest BCUT2D eigenvalue weighted by Gasteiger charge is -2.11. The van der Waals surface area contributed by atoms with Gasteiger partial charge in [0.25, 0.3) is 0 Å². The Labute approximate surface area is 94.6 Å². The van der Waals surface area contributed by atoms with Crippen molar-refractivity contribution < 1.29 is 4.74 Å². The molecule has 1 unspecified atom stereocenters. The molecule has 86 valence electrons. The molecule has 0 aliphatic rings. The van der Waals surface area contributed by atoms with Crippen molar-refractivity contribution in [2.75, 3.05) is 26.0 Å². The Morgan fingerprint density at radius 2 is 2.47 bits per heavy atom. The molecule has 1 heterocycles. The molecular formula is C9H18N4OS. The minimum atomic E-state index is 0.398. The number of aromatic nitrogens is 3. The summed E-state index contributed by atoms with van der Waals surface area (Å²) in [5, 5.41) is 8.32. The van der Waals surface area contributed by atoms with Crippen LogP contribution in [-0.2, 0) is 11.8 Å². The Balaban J connectivity index is 2.09. The van der Waals surface area contributed by atoms with Crippen molar-refractivity contribution in [3.8, 4) is 0 Å². The first-order valence-electron chi connectivity index (χ1n) is 4.93. The van der Waals surface area contributed by atoms with Crippen molar-refractivity contribution in [3.05, 3.63) is 6.33 Å². The van der Waals surface area contributed by atoms with Gasteiger partial charge in [-0.3, -0.25) is 0 Å². The molecule has 0 spiro atoms. The standard InChI is InChI=1S/C9H18N4OS/c1-8(6-14-3)10-4-5-15-9-11-7-12-13(9)2/h7-8,10H,4-6H2,1-3H3. The van der Waals surface area contributed by atoms with Crippen LogP contribution in [-0.4, -0.2) is 46.8 Å². The number of nitrogens with one attached hydrogen (secondary N) is 1. The summed E-state index contributed by atoms with van der Waals surface area (Å²) < 4.78 is 6.81. The minimum Gasteiger partial charge on any atom is -0.383 e. The summed E-state index contributed by atoms with van der Waals surface area (Å²) in [4.78, 5) is 4.13. The third kappa shape index (κ3) is 4.63. The van der Waals surface area contributed by atoms with Gasteiger partial charge in [0.05, 0.1) is 6.61 Å². The first-order chi connectivity index (χ1) is 7.24. The number of ether oxygens (including phenoxy) is 1. The Bertz CT molecular complexity index is 279. The zero-order valence-corrected chi connectivity index (χ0v) is 10.3. The monoisotopic (exact) mass is 230 g/mol. The van der Waals surface area contributed by atoms with Crippen LogP contribution in [0.4, 0.5) is 0 Å². The highest BCUT2D eigenvalue weighted by Gasteiger charge is 2.02. The van der Waals surface area contributed by atoms with Gasteiger partial charge in [-0.25, -0.2) is 9.67 Å². The van der Waals surface area contributed by atoms with E-state index in [-0.39, 0.29) is 0 Å². The number of hydrogen-bond acceptors (Lipinski definition) is 5. The molecule has 1 N–H and O–H groups in total. The topological polar surface area (TPSA) is 52.0 Å². The van der Waals surface area contributed by atoms with Crippen molar-refractivity contribution in [2.24, 2.45) is 7.05 Å². The van der Waals surface area contributed by atoms with E-state index >= 15 is 0 Å². The molecule has 1 aromatic heterocycles. The van der Waals surface area contributed by atoms with Gasteiger partial charge in [0.1, 0.15) is 6.33 Å². The summed E-state index contributed by atoms with van der Waals surface area (Å²) in [6, 6.07) is 0.398. The van der Waals surface area contributed by atoms with Gasteiger partial charge in [0, 0.05) is 32.5 Å². The maximum absolute atomic E-state index is 5.03. The Hall–Kier alpha value is -0.590. The second-order valence-electron chi connectivity index (χ2n) is 3.33. The van der Waals surface area contributed by atoms with Crippen molar-refractivity contribution in [2.45, 2.75) is 18.1 Å². The summed E-state index contributed by atoms with van der Waals surface area (Å²) in [7, 11) is 3.61. The number of hydrogen-bond donors (Lipinski definition) is 1. The number of methoxy groups -OCH3 is 1. The van der Waals surface area contributed by atoms with Gasteiger partial charge in [0.2, 0.25) is 0 Å². The Kier molecular flexibility index (Phi) is 5.67. The predicted octanol–water partition coefficient (Wildman–Crippen LogP) is 0.532. The van der Waals surface area contributed by atoms with Crippen LogP contribution in [0.15, 0.2) is 11.5 Å². The lowest BCUT2D eigenvalue weighted by molar-refractivity contribution is 0.173. The summed E-state index contributed by atoms with van der Waals surface area (Å²) in [6.45, 7) is 3.80. The van der Waals surface area contributed by atoms with Crippen molar-refractivity contribution in [1.82, 2.24) is 20.1 Å². The average Bonchev–Trinajstić information content (AvgIpc) is 2.60. The van der Waals surface area contributed by atoms with E-state index in [0.29, 0.717) is 6.04 Å². The molecule has 0 aliphatic heterocycles. The van der Waals surface area contributed by atoms with Crippen LogP contribution in [0, 0.1) is 0 Å². The second kappa shape index (κ2) is 6.81. The van der Waals surface area contributed by atoms with Crippen molar-refractivity contribution >= 4 is 11.8 Å². The Morgan fingerprint density at radius 3 is 3.07 bits per heavy atom. The molecule has 5 nitrogen and oxygen atoms in total. The van der Waals surface area contributed by atoms with E-state index in [4.69, 9.17) is 4.74 Å². The lowest BCUT2D eigenvalue weighted by atomic mass is 10.4. The number of thioether (sulfide) groups is 1. The van der Waals surface area contributed by atoms with E-state index in [0.717, 1.165) is 24.1 Å². The summed E-state index contributed by atoms with van der Waals surface area (Å²) in [5.41, 5.74) is 0. The van der Waals surface area contributed by atoms with Crippen molar-refractivity contribution in [1.29, 1.82) is 0 Å². The van der Waals surface area contributed by atoms with Gasteiger partial charge < -0.3 is 10.1 Å². The van der Waals surface area contributed by atoms with Gasteiger partial charge in [-0.05, 0) is 6.92 Å². The average molecular weight is 230 g/mol. The first kappa shape index (κ1) is 12.5. The lowest BCUT2D eigenvalue weighted by Crippen LogP contribution is -2.31. The fraction of sp³-hybridized carbons (Fsp3) is 0.778. The maximum atomic E-state index is 5.03. The quantitative estimate of drug-likeness (QED) is 0.547. The molecule has 1 rings (SSSR count). The fourth-order valence-electron chi connectivity index (χ4n) is 1.17. The van der Waals surface area contributed by atoms with E-state index < -0.39 is 0 Å². The predicted molar refractivity (Wildman–Crippen MR) is 61.1 cm³/mol. The van der Waals surface area contributed by atoms with E-state index in [1.165, 1.54) is 0 Å². The van der Waals surface area contributed by atoms with E-state index in [1.807, 2.05) is 7.05 Å². The van der Waals surface area contributed by atoms with Gasteiger partial charge >= 0.3 is 0 Å². The second-order valence-corrected chi connectivity index (χ2v) is 4.39. The molecule has 6 heteroatoms. The first-order valence-corrected chi connectivity index (χ1v) is 5.91. The van der Waals surface area contributed by atoms with Crippen LogP contribution in [0.5, 0.6) is 0 Å². The molecule has 1 atom stereocenters. The molecule has 0 radical (unpaired) electrons. The van der Waals surface area contributed by atoms with Gasteiger partial charge in [0.15, 0.2) is 5.16 Å². The highest BCUT2D eigenvalue weighted by atomic mass is 32.2. The molecular weight excluding hydrogens is 212 g/mol. The summed E-state index contributed by atoms with van der Waals surface area (Å²) in [6.07, 6.45) is 1.57. The van der Waals surface area contributed by atoms with Gasteiger partial charge in [-0.15, -0.1) is 0 Å². The fourth-order valence-corrected chi connectivity index (χ4v) is 1.93. The molecule has 0 saturated carbocycles. The largest absolute Gasteiger partial charge is 0.383 e. The minimum absolute atomic E-state index is 0.398. The molecule has 0 bridgehead atoms. The summed E-state index contributed by atoms with van der Waals surface area (Å²) in [5.74, 6) is 0.987. The summed E-state index contributed by atoms with van der Waals surface area (Å²) >= 11 is 1.70. The molecule has 0 saturated heterocycles. The number of aryl methyl sites for hydroxylation is 1. The van der Waals surface area contributed by atoms with E-state index in [9.17, 15) is 0 Å². The third-order valence-corrected chi connectivity index (χ3v) is 2.95. The maximum Gasteiger partial charge on any atom is 0.185 e. The van der Waals surface area contributed by atoms with E-state index in [2.05, 4.69) is 22.3 Å². The smallest absolute Gasteiger partial charge is 0.185 e. The van der Waals surface area contributed by atoms with Gasteiger partial charge in [-0.2, -0.15) is 5.10 Å². The highest BCUT2D eigenvalue weighted by Crippen LogP contribution is 2.11. The molecule has 0 fully saturated rings. The van der Waals surface area contributed by atoms with Crippen molar-refractivity contribution in [3.63, 3.8) is 0 Å². The highest BCUT2D eigenvalue weighted by molar-refractivity contribution is 7.99. The molecule has 15 heavy (non-hydrogen) atoms. The zero-order valence-electron chi connectivity index (χ0n) is 9.43. The van der Waals surface area contributed by atoms with Crippen LogP contribution < -0.4 is 5.32 Å². The van der Waals surface area contributed by atoms with Crippen LogP contribution in [0.2, 0.25) is 0 Å². The van der Waals surface area contributed by atoms with Gasteiger partial charge in [-0.1, -0.05) is 11.8 Å². The zero-order chi connectivity index (χ0) is 11.1. The Morgan fingerprint density at radius 1 is 1.67 bits per heavy atom. The van der Waals surface area contributed by atoms with E-state index in [1.54, 1.807) is 29.9 Å². The molecule has 0 aromatic carbocycles. The third-order valence-electron chi connectivity index (χ3n) is 1.91. The van der Waals surface area contributed by atoms with Crippen LogP contribution in [0.1, 0.15) is 6.92 Å². The van der Waals surface area contributed by atoms with Crippen LogP contribution >= 0.6 is 11.8 Å². The number of nitrogens with zero attached hydrogens (tertiary/aromatic N) is 3. The van der Waals surface area contributed by atoms with Crippen LogP contribution in [0.25, 0.3) is 0 Å². The normalized spacial score (nSPS) is 13.0. The molecule has 1 aromatic rings. The molecule has 0 aliphatic carbocycles.